The van der Waals surface area contributed by atoms with E-state index < -0.39 is 12.0 Å². The largest absolute Gasteiger partial charge is 0.467 e. The first-order chi connectivity index (χ1) is 13.2. The van der Waals surface area contributed by atoms with Gasteiger partial charge in [-0.3, -0.25) is 4.79 Å². The number of amides is 1. The Bertz CT molecular complexity index is 950. The maximum atomic E-state index is 13.0. The first-order valence-corrected chi connectivity index (χ1v) is 9.54. The predicted molar refractivity (Wildman–Crippen MR) is 101 cm³/mol. The Morgan fingerprint density at radius 2 is 2.04 bits per heavy atom. The van der Waals surface area contributed by atoms with Gasteiger partial charge in [0.2, 0.25) is 0 Å². The molecule has 1 aliphatic rings. The van der Waals surface area contributed by atoms with Crippen LogP contribution in [0.15, 0.2) is 54.2 Å². The average Bonchev–Trinajstić information content (AvgIpc) is 3.37. The minimum Gasteiger partial charge on any atom is -0.467 e. The molecule has 138 valence electrons. The molecular weight excluding hydrogens is 362 g/mol. The highest BCUT2D eigenvalue weighted by Gasteiger charge is 2.38. The average molecular weight is 381 g/mol. The van der Waals surface area contributed by atoms with E-state index in [1.54, 1.807) is 17.3 Å². The molecule has 1 aliphatic heterocycles. The maximum absolute atomic E-state index is 13.0. The Balaban J connectivity index is 1.66. The molecule has 1 atom stereocenters. The van der Waals surface area contributed by atoms with E-state index in [4.69, 9.17) is 4.74 Å². The van der Waals surface area contributed by atoms with Crippen molar-refractivity contribution in [2.45, 2.75) is 25.6 Å². The molecule has 3 aromatic rings. The van der Waals surface area contributed by atoms with Crippen molar-refractivity contribution in [2.75, 3.05) is 7.11 Å². The van der Waals surface area contributed by atoms with Gasteiger partial charge in [-0.25, -0.2) is 9.78 Å². The lowest BCUT2D eigenvalue weighted by molar-refractivity contribution is -0.146. The molecule has 4 rings (SSSR count). The number of thiophene rings is 1. The summed E-state index contributed by atoms with van der Waals surface area (Å²) >= 11 is 1.37. The fourth-order valence-corrected chi connectivity index (χ4v) is 4.06. The van der Waals surface area contributed by atoms with Gasteiger partial charge in [-0.2, -0.15) is 0 Å². The lowest BCUT2D eigenvalue weighted by Crippen LogP contribution is -2.49. The van der Waals surface area contributed by atoms with Crippen LogP contribution in [0.1, 0.15) is 26.6 Å². The van der Waals surface area contributed by atoms with Crippen LogP contribution in [-0.2, 0) is 29.0 Å². The van der Waals surface area contributed by atoms with Gasteiger partial charge in [0.25, 0.3) is 5.91 Å². The van der Waals surface area contributed by atoms with Crippen LogP contribution in [0, 0.1) is 0 Å². The number of nitrogens with zero attached hydrogens (tertiary/aromatic N) is 3. The van der Waals surface area contributed by atoms with Crippen LogP contribution in [0.3, 0.4) is 0 Å². The van der Waals surface area contributed by atoms with Gasteiger partial charge >= 0.3 is 5.97 Å². The minimum atomic E-state index is -0.655. The molecule has 1 unspecified atom stereocenters. The molecule has 1 aromatic carbocycles. The SMILES string of the molecule is COC(=O)C1Cc2ncn(Cc3ccccc3)c2CN1C(=O)c1cccs1. The van der Waals surface area contributed by atoms with E-state index in [0.717, 1.165) is 17.0 Å². The second-order valence-electron chi connectivity index (χ2n) is 6.40. The third kappa shape index (κ3) is 3.38. The fourth-order valence-electron chi connectivity index (χ4n) is 3.38. The summed E-state index contributed by atoms with van der Waals surface area (Å²) in [5.41, 5.74) is 2.96. The highest BCUT2D eigenvalue weighted by molar-refractivity contribution is 7.12. The molecule has 0 radical (unpaired) electrons. The molecule has 0 bridgehead atoms. The summed E-state index contributed by atoms with van der Waals surface area (Å²) in [6.07, 6.45) is 2.14. The zero-order valence-electron chi connectivity index (χ0n) is 14.9. The molecule has 0 fully saturated rings. The summed E-state index contributed by atoms with van der Waals surface area (Å²) < 4.78 is 6.99. The highest BCUT2D eigenvalue weighted by Crippen LogP contribution is 2.27. The van der Waals surface area contributed by atoms with E-state index in [1.165, 1.54) is 18.4 Å². The molecule has 0 aliphatic carbocycles. The summed E-state index contributed by atoms with van der Waals surface area (Å²) in [7, 11) is 1.35. The van der Waals surface area contributed by atoms with E-state index in [2.05, 4.69) is 17.1 Å². The van der Waals surface area contributed by atoms with Gasteiger partial charge in [0.15, 0.2) is 0 Å². The Kier molecular flexibility index (Phi) is 4.77. The number of ether oxygens (including phenoxy) is 1. The van der Waals surface area contributed by atoms with Crippen molar-refractivity contribution in [1.29, 1.82) is 0 Å². The van der Waals surface area contributed by atoms with Crippen LogP contribution in [0.2, 0.25) is 0 Å². The molecule has 0 saturated carbocycles. The van der Waals surface area contributed by atoms with E-state index >= 15 is 0 Å². The van der Waals surface area contributed by atoms with Crippen LogP contribution in [-0.4, -0.2) is 39.5 Å². The van der Waals surface area contributed by atoms with Crippen LogP contribution in [0.25, 0.3) is 0 Å². The zero-order chi connectivity index (χ0) is 18.8. The number of hydrogen-bond acceptors (Lipinski definition) is 5. The van der Waals surface area contributed by atoms with Gasteiger partial charge < -0.3 is 14.2 Å². The van der Waals surface area contributed by atoms with Crippen LogP contribution in [0.5, 0.6) is 0 Å². The Hall–Kier alpha value is -2.93. The standard InChI is InChI=1S/C20H19N3O3S/c1-26-20(25)16-10-15-17(12-23(16)19(24)18-8-5-9-27-18)22(13-21-15)11-14-6-3-2-4-7-14/h2-9,13,16H,10-12H2,1H3. The van der Waals surface area contributed by atoms with E-state index in [9.17, 15) is 9.59 Å². The number of carbonyl (C=O) groups excluding carboxylic acids is 2. The van der Waals surface area contributed by atoms with Crippen molar-refractivity contribution in [2.24, 2.45) is 0 Å². The first-order valence-electron chi connectivity index (χ1n) is 8.66. The summed E-state index contributed by atoms with van der Waals surface area (Å²) in [6, 6.07) is 13.0. The van der Waals surface area contributed by atoms with Gasteiger partial charge in [-0.05, 0) is 17.0 Å². The molecule has 7 heteroatoms. The molecule has 0 N–H and O–H groups in total. The fraction of sp³-hybridized carbons (Fsp3) is 0.250. The second kappa shape index (κ2) is 7.36. The van der Waals surface area contributed by atoms with E-state index in [1.807, 2.05) is 34.2 Å². The Morgan fingerprint density at radius 1 is 1.22 bits per heavy atom. The van der Waals surface area contributed by atoms with Gasteiger partial charge in [-0.1, -0.05) is 36.4 Å². The summed E-state index contributed by atoms with van der Waals surface area (Å²) in [4.78, 5) is 32.0. The molecule has 0 spiro atoms. The highest BCUT2D eigenvalue weighted by atomic mass is 32.1. The molecule has 2 aromatic heterocycles. The summed E-state index contributed by atoms with van der Waals surface area (Å²) in [5.74, 6) is -0.568. The Labute approximate surface area is 161 Å². The van der Waals surface area contributed by atoms with Crippen molar-refractivity contribution < 1.29 is 14.3 Å². The van der Waals surface area contributed by atoms with Crippen molar-refractivity contribution in [1.82, 2.24) is 14.5 Å². The number of hydrogen-bond donors (Lipinski definition) is 0. The maximum Gasteiger partial charge on any atom is 0.329 e. The number of carbonyl (C=O) groups is 2. The number of benzene rings is 1. The summed E-state index contributed by atoms with van der Waals surface area (Å²) in [5, 5.41) is 1.86. The van der Waals surface area contributed by atoms with Gasteiger partial charge in [0, 0.05) is 13.0 Å². The normalized spacial score (nSPS) is 16.0. The van der Waals surface area contributed by atoms with Crippen molar-refractivity contribution in [3.63, 3.8) is 0 Å². The zero-order valence-corrected chi connectivity index (χ0v) is 15.7. The van der Waals surface area contributed by atoms with Crippen LogP contribution >= 0.6 is 11.3 Å². The number of fused-ring (bicyclic) bond motifs is 1. The number of imidazole rings is 1. The van der Waals surface area contributed by atoms with Gasteiger partial charge in [0.1, 0.15) is 6.04 Å². The molecule has 27 heavy (non-hydrogen) atoms. The smallest absolute Gasteiger partial charge is 0.329 e. The molecular formula is C20H19N3O3S. The van der Waals surface area contributed by atoms with Crippen LogP contribution < -0.4 is 0 Å². The molecule has 6 nitrogen and oxygen atoms in total. The number of aromatic nitrogens is 2. The predicted octanol–water partition coefficient (Wildman–Crippen LogP) is 2.73. The number of methoxy groups -OCH3 is 1. The van der Waals surface area contributed by atoms with Gasteiger partial charge in [-0.15, -0.1) is 11.3 Å². The first kappa shape index (κ1) is 17.5. The topological polar surface area (TPSA) is 64.4 Å². The third-order valence-electron chi connectivity index (χ3n) is 4.78. The van der Waals surface area contributed by atoms with E-state index in [-0.39, 0.29) is 5.91 Å². The van der Waals surface area contributed by atoms with Crippen molar-refractivity contribution in [3.8, 4) is 0 Å². The number of esters is 1. The van der Waals surface area contributed by atoms with Gasteiger partial charge in [0.05, 0.1) is 36.2 Å². The minimum absolute atomic E-state index is 0.154. The monoisotopic (exact) mass is 381 g/mol. The van der Waals surface area contributed by atoms with E-state index in [0.29, 0.717) is 24.4 Å². The lowest BCUT2D eigenvalue weighted by atomic mass is 10.0. The Morgan fingerprint density at radius 3 is 2.74 bits per heavy atom. The second-order valence-corrected chi connectivity index (χ2v) is 7.35. The molecule has 0 saturated heterocycles. The lowest BCUT2D eigenvalue weighted by Gasteiger charge is -2.33. The van der Waals surface area contributed by atoms with Crippen molar-refractivity contribution in [3.05, 3.63) is 76.0 Å². The quantitative estimate of drug-likeness (QED) is 0.652. The van der Waals surface area contributed by atoms with Crippen molar-refractivity contribution >= 4 is 23.2 Å². The summed E-state index contributed by atoms with van der Waals surface area (Å²) in [6.45, 7) is 1.01. The third-order valence-corrected chi connectivity index (χ3v) is 5.64. The number of rotatable bonds is 4. The molecule has 1 amide bonds. The molecule has 3 heterocycles. The van der Waals surface area contributed by atoms with Crippen LogP contribution in [0.4, 0.5) is 0 Å².